The second kappa shape index (κ2) is 3.65. The largest absolute Gasteiger partial charge is 0.364 e. The van der Waals surface area contributed by atoms with Crippen LogP contribution in [-0.2, 0) is 0 Å². The topological polar surface area (TPSA) is 56.0 Å². The lowest BCUT2D eigenvalue weighted by Crippen LogP contribution is -2.17. The Morgan fingerprint density at radius 1 is 1.57 bits per heavy atom. The van der Waals surface area contributed by atoms with Gasteiger partial charge < -0.3 is 5.73 Å². The van der Waals surface area contributed by atoms with Crippen LogP contribution in [0.3, 0.4) is 0 Å². The van der Waals surface area contributed by atoms with Crippen LogP contribution in [0, 0.1) is 12.7 Å². The fourth-order valence-electron chi connectivity index (χ4n) is 1.00. The minimum Gasteiger partial charge on any atom is -0.364 e. The lowest BCUT2D eigenvalue weighted by molar-refractivity contribution is 0.0989. The van der Waals surface area contributed by atoms with E-state index in [2.05, 4.69) is 4.98 Å². The average molecular weight is 204 g/mol. The number of aromatic nitrogens is 1. The first kappa shape index (κ1) is 10.5. The molecule has 0 saturated heterocycles. The average Bonchev–Trinajstić information content (AvgIpc) is 2.07. The number of hydrogen-bond donors (Lipinski definition) is 1. The zero-order valence-electron chi connectivity index (χ0n) is 7.22. The lowest BCUT2D eigenvalue weighted by atomic mass is 10.2. The van der Waals surface area contributed by atoms with Gasteiger partial charge in [-0.15, -0.1) is 0 Å². The molecule has 0 fully saturated rings. The van der Waals surface area contributed by atoms with E-state index in [4.69, 9.17) is 5.73 Å². The van der Waals surface area contributed by atoms with Crippen molar-refractivity contribution in [1.29, 1.82) is 0 Å². The first-order valence-electron chi connectivity index (χ1n) is 3.68. The molecule has 0 aliphatic carbocycles. The number of halogens is 3. The van der Waals surface area contributed by atoms with Gasteiger partial charge in [0.2, 0.25) is 0 Å². The number of amides is 1. The number of pyridine rings is 1. The van der Waals surface area contributed by atoms with E-state index >= 15 is 0 Å². The number of carbonyl (C=O) groups excluding carboxylic acids is 1. The van der Waals surface area contributed by atoms with Gasteiger partial charge in [0, 0.05) is 5.69 Å². The van der Waals surface area contributed by atoms with Crippen molar-refractivity contribution in [3.05, 3.63) is 28.8 Å². The van der Waals surface area contributed by atoms with E-state index in [1.807, 2.05) is 0 Å². The maximum Gasteiger partial charge on any atom is 0.270 e. The zero-order chi connectivity index (χ0) is 10.9. The van der Waals surface area contributed by atoms with Crippen LogP contribution in [0.2, 0.25) is 0 Å². The Labute approximate surface area is 77.7 Å². The first-order valence-corrected chi connectivity index (χ1v) is 3.68. The number of aryl methyl sites for hydroxylation is 1. The molecule has 1 aromatic rings. The van der Waals surface area contributed by atoms with Crippen LogP contribution in [0.4, 0.5) is 13.2 Å². The van der Waals surface area contributed by atoms with Gasteiger partial charge in [-0.3, -0.25) is 4.79 Å². The van der Waals surface area contributed by atoms with Crippen molar-refractivity contribution in [2.45, 2.75) is 13.3 Å². The summed E-state index contributed by atoms with van der Waals surface area (Å²) in [6, 6.07) is 0.881. The van der Waals surface area contributed by atoms with Gasteiger partial charge >= 0.3 is 0 Å². The third-order valence-electron chi connectivity index (χ3n) is 1.58. The van der Waals surface area contributed by atoms with E-state index in [0.717, 1.165) is 6.07 Å². The highest BCUT2D eigenvalue weighted by atomic mass is 19.3. The Morgan fingerprint density at radius 2 is 2.14 bits per heavy atom. The fraction of sp³-hybridized carbons (Fsp3) is 0.250. The molecule has 0 saturated carbocycles. The Hall–Kier alpha value is -1.59. The minimum atomic E-state index is -2.99. The summed E-state index contributed by atoms with van der Waals surface area (Å²) in [4.78, 5) is 14.1. The summed E-state index contributed by atoms with van der Waals surface area (Å²) in [5, 5.41) is 0. The van der Waals surface area contributed by atoms with Crippen molar-refractivity contribution < 1.29 is 18.0 Å². The van der Waals surface area contributed by atoms with Crippen molar-refractivity contribution >= 4 is 5.91 Å². The predicted octanol–water partition coefficient (Wildman–Crippen LogP) is 1.57. The summed E-state index contributed by atoms with van der Waals surface area (Å²) in [6.07, 6.45) is -2.99. The van der Waals surface area contributed by atoms with Crippen molar-refractivity contribution in [3.8, 4) is 0 Å². The minimum absolute atomic E-state index is 0.121. The lowest BCUT2D eigenvalue weighted by Gasteiger charge is -2.05. The van der Waals surface area contributed by atoms with Crippen molar-refractivity contribution in [2.75, 3.05) is 0 Å². The van der Waals surface area contributed by atoms with Gasteiger partial charge in [-0.25, -0.2) is 18.2 Å². The normalized spacial score (nSPS) is 10.6. The van der Waals surface area contributed by atoms with E-state index in [1.165, 1.54) is 6.92 Å². The summed E-state index contributed by atoms with van der Waals surface area (Å²) in [5.41, 5.74) is 3.28. The molecule has 0 bridgehead atoms. The molecular weight excluding hydrogens is 197 g/mol. The van der Waals surface area contributed by atoms with Crippen molar-refractivity contribution in [1.82, 2.24) is 4.98 Å². The van der Waals surface area contributed by atoms with Crippen molar-refractivity contribution in [2.24, 2.45) is 5.73 Å². The molecule has 0 radical (unpaired) electrons. The SMILES string of the molecule is Cc1cc(C(F)F)c(F)c(C(N)=O)n1. The molecule has 1 aromatic heterocycles. The number of primary amides is 1. The molecule has 0 unspecified atom stereocenters. The van der Waals surface area contributed by atoms with Gasteiger partial charge in [0.05, 0.1) is 5.56 Å². The number of carbonyl (C=O) groups is 1. The standard InChI is InChI=1S/C8H7F3N2O/c1-3-2-4(7(10)11)5(9)6(13-3)8(12)14/h2,7H,1H3,(H2,12,14). The third kappa shape index (κ3) is 1.84. The molecule has 0 aliphatic rings. The molecular formula is C8H7F3N2O. The van der Waals surface area contributed by atoms with Crippen molar-refractivity contribution in [3.63, 3.8) is 0 Å². The van der Waals surface area contributed by atoms with Crippen LogP contribution < -0.4 is 5.73 Å². The zero-order valence-corrected chi connectivity index (χ0v) is 7.22. The third-order valence-corrected chi connectivity index (χ3v) is 1.58. The first-order chi connectivity index (χ1) is 6.43. The van der Waals surface area contributed by atoms with Gasteiger partial charge in [-0.1, -0.05) is 0 Å². The molecule has 1 rings (SSSR count). The van der Waals surface area contributed by atoms with E-state index in [1.54, 1.807) is 0 Å². The molecule has 1 amide bonds. The summed E-state index contributed by atoms with van der Waals surface area (Å²) in [6.45, 7) is 1.37. The highest BCUT2D eigenvalue weighted by Crippen LogP contribution is 2.23. The van der Waals surface area contributed by atoms with E-state index in [0.29, 0.717) is 0 Å². The van der Waals surface area contributed by atoms with Gasteiger partial charge in [0.15, 0.2) is 11.5 Å². The van der Waals surface area contributed by atoms with E-state index < -0.39 is 29.4 Å². The molecule has 76 valence electrons. The molecule has 0 spiro atoms. The summed E-state index contributed by atoms with van der Waals surface area (Å²) in [5.74, 6) is -2.51. The van der Waals surface area contributed by atoms with Crippen LogP contribution in [0.1, 0.15) is 28.2 Å². The number of alkyl halides is 2. The maximum atomic E-state index is 13.1. The van der Waals surface area contributed by atoms with Gasteiger partial charge in [-0.2, -0.15) is 0 Å². The second-order valence-corrected chi connectivity index (χ2v) is 2.68. The molecule has 1 heterocycles. The van der Waals surface area contributed by atoms with Gasteiger partial charge in [-0.05, 0) is 13.0 Å². The van der Waals surface area contributed by atoms with Crippen LogP contribution in [-0.4, -0.2) is 10.9 Å². The molecule has 6 heteroatoms. The number of nitrogens with zero attached hydrogens (tertiary/aromatic N) is 1. The summed E-state index contributed by atoms with van der Waals surface area (Å²) < 4.78 is 37.6. The highest BCUT2D eigenvalue weighted by Gasteiger charge is 2.21. The van der Waals surface area contributed by atoms with Gasteiger partial charge in [0.25, 0.3) is 12.3 Å². The monoisotopic (exact) mass is 204 g/mol. The fourth-order valence-corrected chi connectivity index (χ4v) is 1.00. The maximum absolute atomic E-state index is 13.1. The van der Waals surface area contributed by atoms with E-state index in [9.17, 15) is 18.0 Å². The van der Waals surface area contributed by atoms with Gasteiger partial charge in [0.1, 0.15) is 0 Å². The van der Waals surface area contributed by atoms with Crippen LogP contribution in [0.5, 0.6) is 0 Å². The smallest absolute Gasteiger partial charge is 0.270 e. The highest BCUT2D eigenvalue weighted by molar-refractivity contribution is 5.91. The number of hydrogen-bond acceptors (Lipinski definition) is 2. The molecule has 0 atom stereocenters. The Bertz CT molecular complexity index is 379. The Kier molecular flexibility index (Phi) is 2.73. The molecule has 3 nitrogen and oxygen atoms in total. The molecule has 14 heavy (non-hydrogen) atoms. The van der Waals surface area contributed by atoms with E-state index in [-0.39, 0.29) is 5.69 Å². The summed E-state index contributed by atoms with van der Waals surface area (Å²) >= 11 is 0. The predicted molar refractivity (Wildman–Crippen MR) is 42.4 cm³/mol. The van der Waals surface area contributed by atoms with Crippen LogP contribution in [0.15, 0.2) is 6.07 Å². The van der Waals surface area contributed by atoms with Crippen LogP contribution in [0.25, 0.3) is 0 Å². The summed E-state index contributed by atoms with van der Waals surface area (Å²) in [7, 11) is 0. The quantitative estimate of drug-likeness (QED) is 0.794. The molecule has 0 aliphatic heterocycles. The molecule has 0 aromatic carbocycles. The number of nitrogens with two attached hydrogens (primary N) is 1. The molecule has 2 N–H and O–H groups in total. The number of rotatable bonds is 2. The Morgan fingerprint density at radius 3 is 2.57 bits per heavy atom. The Balaban J connectivity index is 3.40. The van der Waals surface area contributed by atoms with Crippen LogP contribution >= 0.6 is 0 Å². The second-order valence-electron chi connectivity index (χ2n) is 2.68.